The molecule has 1 amide bonds. The Morgan fingerprint density at radius 1 is 1.07 bits per heavy atom. The van der Waals surface area contributed by atoms with E-state index in [-0.39, 0.29) is 11.6 Å². The molecule has 2 aromatic rings. The molecule has 1 aliphatic heterocycles. The first-order valence-corrected chi connectivity index (χ1v) is 9.98. The first kappa shape index (κ1) is 17.8. The molecule has 1 aliphatic carbocycles. The van der Waals surface area contributed by atoms with Gasteiger partial charge in [0.2, 0.25) is 0 Å². The highest BCUT2D eigenvalue weighted by molar-refractivity contribution is 5.69. The molecular formula is C24H27NO2. The van der Waals surface area contributed by atoms with Crippen molar-refractivity contribution in [2.24, 2.45) is 5.92 Å². The van der Waals surface area contributed by atoms with Gasteiger partial charge in [-0.1, -0.05) is 79.2 Å². The van der Waals surface area contributed by atoms with Crippen LogP contribution in [0.5, 0.6) is 0 Å². The molecule has 0 aromatic heterocycles. The van der Waals surface area contributed by atoms with E-state index < -0.39 is 0 Å². The highest BCUT2D eigenvalue weighted by Crippen LogP contribution is 2.49. The predicted octanol–water partition coefficient (Wildman–Crippen LogP) is 5.67. The third-order valence-electron chi connectivity index (χ3n) is 6.17. The first-order chi connectivity index (χ1) is 13.3. The third kappa shape index (κ3) is 3.78. The fourth-order valence-electron chi connectivity index (χ4n) is 4.82. The second kappa shape index (κ2) is 7.99. The van der Waals surface area contributed by atoms with Crippen molar-refractivity contribution in [3.8, 4) is 0 Å². The summed E-state index contributed by atoms with van der Waals surface area (Å²) in [6.07, 6.45) is 9.78. The molecule has 4 rings (SSSR count). The van der Waals surface area contributed by atoms with Crippen LogP contribution in [0.4, 0.5) is 4.79 Å². The molecule has 1 unspecified atom stereocenters. The van der Waals surface area contributed by atoms with Crippen LogP contribution in [0.25, 0.3) is 6.08 Å². The Bertz CT molecular complexity index is 787. The summed E-state index contributed by atoms with van der Waals surface area (Å²) >= 11 is 0. The quantitative estimate of drug-likeness (QED) is 0.686. The van der Waals surface area contributed by atoms with E-state index in [9.17, 15) is 4.79 Å². The van der Waals surface area contributed by atoms with Crippen molar-refractivity contribution in [2.75, 3.05) is 6.54 Å². The van der Waals surface area contributed by atoms with Gasteiger partial charge in [0, 0.05) is 6.54 Å². The van der Waals surface area contributed by atoms with Gasteiger partial charge in [0.1, 0.15) is 6.61 Å². The van der Waals surface area contributed by atoms with E-state index in [2.05, 4.69) is 36.4 Å². The van der Waals surface area contributed by atoms with E-state index in [1.807, 2.05) is 41.3 Å². The predicted molar refractivity (Wildman–Crippen MR) is 108 cm³/mol. The summed E-state index contributed by atoms with van der Waals surface area (Å²) in [5.41, 5.74) is 2.18. The van der Waals surface area contributed by atoms with Crippen LogP contribution >= 0.6 is 0 Å². The van der Waals surface area contributed by atoms with Gasteiger partial charge in [-0.25, -0.2) is 4.79 Å². The topological polar surface area (TPSA) is 29.5 Å². The van der Waals surface area contributed by atoms with Gasteiger partial charge in [-0.2, -0.15) is 0 Å². The minimum atomic E-state index is -0.156. The smallest absolute Gasteiger partial charge is 0.410 e. The van der Waals surface area contributed by atoms with E-state index in [1.54, 1.807) is 0 Å². The SMILES string of the molecule is O=C(OCc1ccccc1)N1CCC2CCC[C@@]21C/C=C/c1ccccc1. The number of hydrogen-bond acceptors (Lipinski definition) is 2. The fraction of sp³-hybridized carbons (Fsp3) is 0.375. The van der Waals surface area contributed by atoms with Gasteiger partial charge in [0.05, 0.1) is 5.54 Å². The van der Waals surface area contributed by atoms with Gasteiger partial charge >= 0.3 is 6.09 Å². The lowest BCUT2D eigenvalue weighted by molar-refractivity contribution is 0.0596. The standard InChI is InChI=1S/C24H27NO2/c26-23(27-19-21-11-5-2-6-12-21)25-18-15-22-14-8-17-24(22,25)16-7-13-20-9-3-1-4-10-20/h1-7,9-13,22H,8,14-19H2/b13-7+/t22?,24-/m0/s1. The van der Waals surface area contributed by atoms with Crippen molar-refractivity contribution in [2.45, 2.75) is 44.2 Å². The lowest BCUT2D eigenvalue weighted by atomic mass is 9.84. The number of carbonyl (C=O) groups is 1. The maximum atomic E-state index is 12.9. The van der Waals surface area contributed by atoms with Crippen LogP contribution < -0.4 is 0 Å². The van der Waals surface area contributed by atoms with Crippen LogP contribution in [0.3, 0.4) is 0 Å². The second-order valence-electron chi connectivity index (χ2n) is 7.69. The van der Waals surface area contributed by atoms with E-state index >= 15 is 0 Å². The molecule has 140 valence electrons. The molecule has 0 spiro atoms. The van der Waals surface area contributed by atoms with Crippen LogP contribution in [0.15, 0.2) is 66.7 Å². The van der Waals surface area contributed by atoms with Gasteiger partial charge in [0.15, 0.2) is 0 Å². The van der Waals surface area contributed by atoms with Gasteiger partial charge in [0.25, 0.3) is 0 Å². The Morgan fingerprint density at radius 2 is 1.81 bits per heavy atom. The van der Waals surface area contributed by atoms with Crippen molar-refractivity contribution in [1.29, 1.82) is 0 Å². The van der Waals surface area contributed by atoms with Gasteiger partial charge in [-0.3, -0.25) is 0 Å². The first-order valence-electron chi connectivity index (χ1n) is 9.98. The molecule has 2 fully saturated rings. The average Bonchev–Trinajstić information content (AvgIpc) is 3.26. The van der Waals surface area contributed by atoms with Crippen LogP contribution in [0, 0.1) is 5.92 Å². The number of nitrogens with zero attached hydrogens (tertiary/aromatic N) is 1. The zero-order valence-electron chi connectivity index (χ0n) is 15.7. The number of ether oxygens (including phenoxy) is 1. The zero-order chi connectivity index (χ0) is 18.5. The molecule has 1 saturated carbocycles. The van der Waals surface area contributed by atoms with E-state index in [0.717, 1.165) is 31.4 Å². The largest absolute Gasteiger partial charge is 0.445 e. The summed E-state index contributed by atoms with van der Waals surface area (Å²) in [4.78, 5) is 14.9. The summed E-state index contributed by atoms with van der Waals surface area (Å²) < 4.78 is 5.67. The Morgan fingerprint density at radius 3 is 2.59 bits per heavy atom. The molecule has 3 nitrogen and oxygen atoms in total. The van der Waals surface area contributed by atoms with E-state index in [1.165, 1.54) is 18.4 Å². The van der Waals surface area contributed by atoms with Crippen LogP contribution in [-0.2, 0) is 11.3 Å². The highest BCUT2D eigenvalue weighted by Gasteiger charge is 2.52. The van der Waals surface area contributed by atoms with Crippen molar-refractivity contribution >= 4 is 12.2 Å². The highest BCUT2D eigenvalue weighted by atomic mass is 16.6. The van der Waals surface area contributed by atoms with Gasteiger partial charge in [-0.15, -0.1) is 0 Å². The van der Waals surface area contributed by atoms with Crippen molar-refractivity contribution in [1.82, 2.24) is 4.90 Å². The monoisotopic (exact) mass is 361 g/mol. The number of benzene rings is 2. The van der Waals surface area contributed by atoms with Crippen molar-refractivity contribution in [3.63, 3.8) is 0 Å². The minimum absolute atomic E-state index is 0.0565. The summed E-state index contributed by atoms with van der Waals surface area (Å²) in [6.45, 7) is 1.16. The molecule has 3 heteroatoms. The molecule has 0 bridgehead atoms. The zero-order valence-corrected chi connectivity index (χ0v) is 15.7. The third-order valence-corrected chi connectivity index (χ3v) is 6.17. The second-order valence-corrected chi connectivity index (χ2v) is 7.69. The van der Waals surface area contributed by atoms with Crippen LogP contribution in [0.1, 0.15) is 43.2 Å². The number of amides is 1. The molecule has 2 atom stereocenters. The van der Waals surface area contributed by atoms with Crippen LogP contribution in [-0.4, -0.2) is 23.1 Å². The summed E-state index contributed by atoms with van der Waals surface area (Å²) in [5, 5.41) is 0. The Balaban J connectivity index is 1.44. The molecule has 27 heavy (non-hydrogen) atoms. The molecule has 1 saturated heterocycles. The maximum Gasteiger partial charge on any atom is 0.410 e. The summed E-state index contributed by atoms with van der Waals surface area (Å²) in [7, 11) is 0. The molecular weight excluding hydrogens is 334 g/mol. The molecule has 2 aliphatic rings. The van der Waals surface area contributed by atoms with Gasteiger partial charge in [-0.05, 0) is 42.7 Å². The lowest BCUT2D eigenvalue weighted by Gasteiger charge is -2.37. The van der Waals surface area contributed by atoms with Crippen LogP contribution in [0.2, 0.25) is 0 Å². The number of likely N-dealkylation sites (tertiary alicyclic amines) is 1. The number of fused-ring (bicyclic) bond motifs is 1. The average molecular weight is 361 g/mol. The lowest BCUT2D eigenvalue weighted by Crippen LogP contribution is -2.48. The Hall–Kier alpha value is -2.55. The number of carbonyl (C=O) groups excluding carboxylic acids is 1. The molecule has 2 aromatic carbocycles. The Labute approximate surface area is 161 Å². The fourth-order valence-corrected chi connectivity index (χ4v) is 4.82. The number of rotatable bonds is 5. The normalized spacial score (nSPS) is 24.3. The summed E-state index contributed by atoms with van der Waals surface area (Å²) in [6, 6.07) is 20.3. The van der Waals surface area contributed by atoms with Gasteiger partial charge < -0.3 is 9.64 Å². The van der Waals surface area contributed by atoms with Crippen molar-refractivity contribution in [3.05, 3.63) is 77.9 Å². The molecule has 0 N–H and O–H groups in total. The maximum absolute atomic E-state index is 12.9. The Kier molecular flexibility index (Phi) is 5.28. The van der Waals surface area contributed by atoms with E-state index in [4.69, 9.17) is 4.74 Å². The molecule has 0 radical (unpaired) electrons. The minimum Gasteiger partial charge on any atom is -0.445 e. The van der Waals surface area contributed by atoms with Crippen molar-refractivity contribution < 1.29 is 9.53 Å². The number of hydrogen-bond donors (Lipinski definition) is 0. The summed E-state index contributed by atoms with van der Waals surface area (Å²) in [5.74, 6) is 0.599. The van der Waals surface area contributed by atoms with E-state index in [0.29, 0.717) is 12.5 Å². The molecule has 1 heterocycles.